The topological polar surface area (TPSA) is 104 Å². The molecule has 0 saturated heterocycles. The van der Waals surface area contributed by atoms with Crippen LogP contribution in [0.3, 0.4) is 0 Å². The molecule has 1 aromatic heterocycles. The van der Waals surface area contributed by atoms with Gasteiger partial charge in [0.25, 0.3) is 5.56 Å². The van der Waals surface area contributed by atoms with Gasteiger partial charge in [0.2, 0.25) is 5.91 Å². The van der Waals surface area contributed by atoms with Crippen molar-refractivity contribution >= 4 is 5.91 Å². The van der Waals surface area contributed by atoms with Crippen molar-refractivity contribution in [3.63, 3.8) is 0 Å². The predicted molar refractivity (Wildman–Crippen MR) is 113 cm³/mol. The van der Waals surface area contributed by atoms with Crippen LogP contribution in [-0.4, -0.2) is 24.1 Å². The highest BCUT2D eigenvalue weighted by Crippen LogP contribution is 2.34. The smallest absolute Gasteiger partial charge is 0.266 e. The van der Waals surface area contributed by atoms with Gasteiger partial charge in [-0.2, -0.15) is 5.26 Å². The summed E-state index contributed by atoms with van der Waals surface area (Å²) in [5.41, 5.74) is 2.84. The van der Waals surface area contributed by atoms with E-state index in [2.05, 4.69) is 24.1 Å². The number of hydrogen-bond donors (Lipinski definition) is 2. The van der Waals surface area contributed by atoms with Crippen molar-refractivity contribution in [3.8, 4) is 17.6 Å². The number of aromatic amines is 1. The molecule has 0 radical (unpaired) electrons. The summed E-state index contributed by atoms with van der Waals surface area (Å²) >= 11 is 0. The largest absolute Gasteiger partial charge is 0.486 e. The van der Waals surface area contributed by atoms with E-state index in [0.717, 1.165) is 16.9 Å². The van der Waals surface area contributed by atoms with E-state index in [1.165, 1.54) is 0 Å². The molecule has 158 valence electrons. The van der Waals surface area contributed by atoms with Crippen molar-refractivity contribution in [3.05, 3.63) is 56.5 Å². The molecule has 1 atom stereocenters. The van der Waals surface area contributed by atoms with Gasteiger partial charge in [0.15, 0.2) is 11.5 Å². The number of nitriles is 1. The van der Waals surface area contributed by atoms with Crippen LogP contribution in [0.5, 0.6) is 11.5 Å². The Hall–Kier alpha value is -3.27. The van der Waals surface area contributed by atoms with Gasteiger partial charge in [0.05, 0.1) is 6.04 Å². The molecule has 1 aliphatic rings. The Balaban J connectivity index is 1.73. The van der Waals surface area contributed by atoms with Gasteiger partial charge < -0.3 is 19.8 Å². The van der Waals surface area contributed by atoms with E-state index in [1.807, 2.05) is 24.3 Å². The Labute approximate surface area is 176 Å². The number of fused-ring (bicyclic) bond motifs is 1. The van der Waals surface area contributed by atoms with Crippen LogP contribution in [0.2, 0.25) is 0 Å². The van der Waals surface area contributed by atoms with Gasteiger partial charge in [-0.1, -0.05) is 19.9 Å². The number of aromatic nitrogens is 1. The third kappa shape index (κ3) is 4.48. The van der Waals surface area contributed by atoms with Gasteiger partial charge in [-0.15, -0.1) is 0 Å². The molecule has 0 bridgehead atoms. The molecule has 0 spiro atoms. The first-order valence-electron chi connectivity index (χ1n) is 10.1. The maximum absolute atomic E-state index is 12.7. The average Bonchev–Trinajstić information content (AvgIpc) is 2.71. The molecule has 1 aromatic carbocycles. The van der Waals surface area contributed by atoms with E-state index in [0.29, 0.717) is 36.6 Å². The van der Waals surface area contributed by atoms with Crippen LogP contribution in [0.25, 0.3) is 0 Å². The minimum atomic E-state index is -0.390. The molecule has 3 rings (SSSR count). The summed E-state index contributed by atoms with van der Waals surface area (Å²) in [6.45, 7) is 8.69. The molecular formula is C23H27N3O4. The second-order valence-electron chi connectivity index (χ2n) is 7.86. The molecule has 0 fully saturated rings. The van der Waals surface area contributed by atoms with Crippen molar-refractivity contribution in [1.82, 2.24) is 10.3 Å². The summed E-state index contributed by atoms with van der Waals surface area (Å²) in [6.07, 6.45) is 0.702. The highest BCUT2D eigenvalue weighted by atomic mass is 16.6. The zero-order valence-electron chi connectivity index (χ0n) is 17.8. The fourth-order valence-corrected chi connectivity index (χ4v) is 3.79. The molecule has 2 aromatic rings. The SMILES string of the molecule is Cc1[nH]c(=O)c(C#N)c(C)c1CCC(=O)NC(c1ccc2c(c1)OCCO2)C(C)C. The minimum absolute atomic E-state index is 0.0907. The second kappa shape index (κ2) is 9.04. The molecule has 0 saturated carbocycles. The van der Waals surface area contributed by atoms with E-state index in [-0.39, 0.29) is 35.4 Å². The lowest BCUT2D eigenvalue weighted by Gasteiger charge is -2.25. The standard InChI is InChI=1S/C23H27N3O4/c1-13(2)22(16-5-7-19-20(11-16)30-10-9-29-19)26-21(27)8-6-17-14(3)18(12-24)23(28)25-15(17)4/h5,7,11,13,22H,6,8-10H2,1-4H3,(H,25,28)(H,26,27). The number of benzene rings is 1. The van der Waals surface area contributed by atoms with Crippen molar-refractivity contribution in [2.24, 2.45) is 5.92 Å². The number of amides is 1. The second-order valence-corrected chi connectivity index (χ2v) is 7.86. The number of pyridine rings is 1. The lowest BCUT2D eigenvalue weighted by atomic mass is 9.94. The Kier molecular flexibility index (Phi) is 6.46. The highest BCUT2D eigenvalue weighted by molar-refractivity contribution is 5.77. The number of rotatable bonds is 6. The van der Waals surface area contributed by atoms with E-state index in [1.54, 1.807) is 13.8 Å². The number of ether oxygens (including phenoxy) is 2. The van der Waals surface area contributed by atoms with Crippen LogP contribution in [0.4, 0.5) is 0 Å². The number of hydrogen-bond acceptors (Lipinski definition) is 5. The van der Waals surface area contributed by atoms with E-state index in [4.69, 9.17) is 9.47 Å². The third-order valence-corrected chi connectivity index (χ3v) is 5.43. The highest BCUT2D eigenvalue weighted by Gasteiger charge is 2.22. The quantitative estimate of drug-likeness (QED) is 0.763. The summed E-state index contributed by atoms with van der Waals surface area (Å²) in [5.74, 6) is 1.50. The fraction of sp³-hybridized carbons (Fsp3) is 0.435. The number of nitrogens with one attached hydrogen (secondary N) is 2. The maximum atomic E-state index is 12.7. The molecule has 7 heteroatoms. The van der Waals surface area contributed by atoms with Gasteiger partial charge >= 0.3 is 0 Å². The summed E-state index contributed by atoms with van der Waals surface area (Å²) < 4.78 is 11.2. The maximum Gasteiger partial charge on any atom is 0.266 e. The van der Waals surface area contributed by atoms with Gasteiger partial charge in [0, 0.05) is 12.1 Å². The number of H-pyrrole nitrogens is 1. The summed E-state index contributed by atoms with van der Waals surface area (Å²) in [5, 5.41) is 12.3. The first kappa shape index (κ1) is 21.4. The summed E-state index contributed by atoms with van der Waals surface area (Å²) in [6, 6.07) is 7.53. The van der Waals surface area contributed by atoms with Crippen LogP contribution in [0.15, 0.2) is 23.0 Å². The van der Waals surface area contributed by atoms with Crippen molar-refractivity contribution in [2.75, 3.05) is 13.2 Å². The molecule has 2 N–H and O–H groups in total. The monoisotopic (exact) mass is 409 g/mol. The molecular weight excluding hydrogens is 382 g/mol. The van der Waals surface area contributed by atoms with Gasteiger partial charge in [0.1, 0.15) is 24.8 Å². The molecule has 30 heavy (non-hydrogen) atoms. The fourth-order valence-electron chi connectivity index (χ4n) is 3.79. The van der Waals surface area contributed by atoms with Crippen molar-refractivity contribution in [1.29, 1.82) is 5.26 Å². The summed E-state index contributed by atoms with van der Waals surface area (Å²) in [7, 11) is 0. The molecule has 1 amide bonds. The van der Waals surface area contributed by atoms with Crippen LogP contribution in [0, 0.1) is 31.1 Å². The number of carbonyl (C=O) groups excluding carboxylic acids is 1. The molecule has 0 aliphatic carbocycles. The van der Waals surface area contributed by atoms with Crippen LogP contribution in [0.1, 0.15) is 54.3 Å². The molecule has 7 nitrogen and oxygen atoms in total. The molecule has 1 unspecified atom stereocenters. The molecule has 1 aliphatic heterocycles. The van der Waals surface area contributed by atoms with E-state index >= 15 is 0 Å². The van der Waals surface area contributed by atoms with E-state index in [9.17, 15) is 14.9 Å². The van der Waals surface area contributed by atoms with Gasteiger partial charge in [-0.25, -0.2) is 0 Å². The Morgan fingerprint density at radius 3 is 2.60 bits per heavy atom. The van der Waals surface area contributed by atoms with Crippen LogP contribution >= 0.6 is 0 Å². The first-order chi connectivity index (χ1) is 14.3. The summed E-state index contributed by atoms with van der Waals surface area (Å²) in [4.78, 5) is 27.3. The van der Waals surface area contributed by atoms with Crippen LogP contribution < -0.4 is 20.3 Å². The lowest BCUT2D eigenvalue weighted by molar-refractivity contribution is -0.122. The van der Waals surface area contributed by atoms with Gasteiger partial charge in [-0.05, 0) is 55.0 Å². The minimum Gasteiger partial charge on any atom is -0.486 e. The Morgan fingerprint density at radius 2 is 1.93 bits per heavy atom. The zero-order valence-corrected chi connectivity index (χ0v) is 17.8. The third-order valence-electron chi connectivity index (χ3n) is 5.43. The molecule has 2 heterocycles. The average molecular weight is 409 g/mol. The van der Waals surface area contributed by atoms with Crippen molar-refractivity contribution < 1.29 is 14.3 Å². The Morgan fingerprint density at radius 1 is 1.23 bits per heavy atom. The zero-order chi connectivity index (χ0) is 21.8. The predicted octanol–water partition coefficient (Wildman–Crippen LogP) is 3.08. The van der Waals surface area contributed by atoms with Crippen LogP contribution in [-0.2, 0) is 11.2 Å². The normalized spacial score (nSPS) is 13.6. The van der Waals surface area contributed by atoms with E-state index < -0.39 is 0 Å². The lowest BCUT2D eigenvalue weighted by Crippen LogP contribution is -2.32. The number of carbonyl (C=O) groups is 1. The van der Waals surface area contributed by atoms with Gasteiger partial charge in [-0.3, -0.25) is 9.59 Å². The van der Waals surface area contributed by atoms with Crippen molar-refractivity contribution in [2.45, 2.75) is 46.6 Å². The first-order valence-corrected chi connectivity index (χ1v) is 10.1. The number of aryl methyl sites for hydroxylation is 1. The number of nitrogens with zero attached hydrogens (tertiary/aromatic N) is 1. The Bertz CT molecular complexity index is 1050.